The number of aryl methyl sites for hydroxylation is 2. The summed E-state index contributed by atoms with van der Waals surface area (Å²) in [6, 6.07) is 6.59. The van der Waals surface area contributed by atoms with Crippen LogP contribution in [0.5, 0.6) is 0 Å². The lowest BCUT2D eigenvalue weighted by molar-refractivity contribution is -0.00831. The number of ether oxygens (including phenoxy) is 1. The number of aliphatic imine (C=N–C) groups is 1. The number of rotatable bonds is 4. The van der Waals surface area contributed by atoms with Crippen LogP contribution in [0.1, 0.15) is 42.6 Å². The van der Waals surface area contributed by atoms with Crippen LogP contribution in [-0.4, -0.2) is 44.1 Å². The molecule has 1 unspecified atom stereocenters. The van der Waals surface area contributed by atoms with Gasteiger partial charge in [0.15, 0.2) is 5.96 Å². The van der Waals surface area contributed by atoms with Crippen LogP contribution in [0.2, 0.25) is 0 Å². The van der Waals surface area contributed by atoms with E-state index < -0.39 is 0 Å². The van der Waals surface area contributed by atoms with E-state index in [9.17, 15) is 0 Å². The molecule has 0 saturated carbocycles. The summed E-state index contributed by atoms with van der Waals surface area (Å²) < 4.78 is 6.01. The molecule has 23 heavy (non-hydrogen) atoms. The van der Waals surface area contributed by atoms with Gasteiger partial charge in [-0.1, -0.05) is 37.1 Å². The van der Waals surface area contributed by atoms with Gasteiger partial charge in [-0.3, -0.25) is 4.99 Å². The van der Waals surface area contributed by atoms with Crippen LogP contribution < -0.4 is 5.32 Å². The lowest BCUT2D eigenvalue weighted by atomic mass is 10.00. The first kappa shape index (κ1) is 20.2. The van der Waals surface area contributed by atoms with E-state index in [-0.39, 0.29) is 30.1 Å². The average molecular weight is 431 g/mol. The third-order valence-corrected chi connectivity index (χ3v) is 4.16. The highest BCUT2D eigenvalue weighted by Crippen LogP contribution is 2.25. The number of hydrogen-bond acceptors (Lipinski definition) is 2. The van der Waals surface area contributed by atoms with Crippen molar-refractivity contribution < 1.29 is 4.74 Å². The minimum atomic E-state index is 0. The fourth-order valence-corrected chi connectivity index (χ4v) is 2.93. The number of unbranched alkanes of at least 4 members (excludes halogenated alkanes) is 1. The van der Waals surface area contributed by atoms with Gasteiger partial charge in [0.25, 0.3) is 0 Å². The Morgan fingerprint density at radius 1 is 1.39 bits per heavy atom. The van der Waals surface area contributed by atoms with Crippen LogP contribution in [-0.2, 0) is 4.74 Å². The Balaban J connectivity index is 0.00000264. The number of nitrogens with one attached hydrogen (secondary N) is 1. The minimum absolute atomic E-state index is 0. The average Bonchev–Trinajstić information content (AvgIpc) is 2.52. The maximum Gasteiger partial charge on any atom is 0.193 e. The Hall–Kier alpha value is -0.820. The second-order valence-corrected chi connectivity index (χ2v) is 5.99. The zero-order valence-corrected chi connectivity index (χ0v) is 17.1. The molecule has 2 rings (SSSR count). The molecule has 1 N–H and O–H groups in total. The number of nitrogens with zero attached hydrogens (tertiary/aromatic N) is 2. The second-order valence-electron chi connectivity index (χ2n) is 5.99. The summed E-state index contributed by atoms with van der Waals surface area (Å²) in [5.74, 6) is 0.992. The smallest absolute Gasteiger partial charge is 0.193 e. The number of hydrogen-bond donors (Lipinski definition) is 1. The molecule has 0 aliphatic carbocycles. The van der Waals surface area contributed by atoms with Gasteiger partial charge in [-0.2, -0.15) is 0 Å². The van der Waals surface area contributed by atoms with Gasteiger partial charge in [0.05, 0.1) is 13.2 Å². The molecule has 0 bridgehead atoms. The first-order valence-electron chi connectivity index (χ1n) is 8.30. The molecule has 5 heteroatoms. The van der Waals surface area contributed by atoms with E-state index in [2.05, 4.69) is 54.2 Å². The zero-order valence-electron chi connectivity index (χ0n) is 14.8. The number of halogens is 1. The van der Waals surface area contributed by atoms with E-state index >= 15 is 0 Å². The van der Waals surface area contributed by atoms with Crippen LogP contribution in [0.3, 0.4) is 0 Å². The van der Waals surface area contributed by atoms with Crippen molar-refractivity contribution in [3.8, 4) is 0 Å². The molecule has 1 aromatic carbocycles. The molecule has 130 valence electrons. The highest BCUT2D eigenvalue weighted by atomic mass is 127. The highest BCUT2D eigenvalue weighted by Gasteiger charge is 2.25. The largest absolute Gasteiger partial charge is 0.370 e. The Kier molecular flexibility index (Phi) is 8.91. The normalized spacial score (nSPS) is 18.5. The molecular weight excluding hydrogens is 401 g/mol. The predicted octanol–water partition coefficient (Wildman–Crippen LogP) is 3.67. The molecule has 1 aliphatic rings. The van der Waals surface area contributed by atoms with Crippen LogP contribution in [0.4, 0.5) is 0 Å². The lowest BCUT2D eigenvalue weighted by Gasteiger charge is -2.35. The summed E-state index contributed by atoms with van der Waals surface area (Å²) in [5.41, 5.74) is 3.89. The van der Waals surface area contributed by atoms with Crippen LogP contribution in [0.15, 0.2) is 23.2 Å². The monoisotopic (exact) mass is 431 g/mol. The molecule has 4 nitrogen and oxygen atoms in total. The fourth-order valence-electron chi connectivity index (χ4n) is 2.93. The lowest BCUT2D eigenvalue weighted by Crippen LogP contribution is -2.48. The maximum atomic E-state index is 6.01. The zero-order chi connectivity index (χ0) is 15.9. The summed E-state index contributed by atoms with van der Waals surface area (Å²) in [6.07, 6.45) is 2.49. The predicted molar refractivity (Wildman–Crippen MR) is 108 cm³/mol. The quantitative estimate of drug-likeness (QED) is 0.342. The van der Waals surface area contributed by atoms with Crippen molar-refractivity contribution in [1.82, 2.24) is 10.2 Å². The van der Waals surface area contributed by atoms with Crippen molar-refractivity contribution in [2.24, 2.45) is 4.99 Å². The van der Waals surface area contributed by atoms with Gasteiger partial charge in [-0.15, -0.1) is 24.0 Å². The van der Waals surface area contributed by atoms with E-state index in [1.807, 2.05) is 7.05 Å². The van der Waals surface area contributed by atoms with Gasteiger partial charge in [-0.25, -0.2) is 0 Å². The topological polar surface area (TPSA) is 36.9 Å². The molecule has 1 fully saturated rings. The fraction of sp³-hybridized carbons (Fsp3) is 0.611. The summed E-state index contributed by atoms with van der Waals surface area (Å²) in [5, 5.41) is 3.46. The first-order chi connectivity index (χ1) is 10.7. The Morgan fingerprint density at radius 2 is 2.17 bits per heavy atom. The molecule has 0 spiro atoms. The molecule has 1 aliphatic heterocycles. The number of morpholine rings is 1. The van der Waals surface area contributed by atoms with Gasteiger partial charge in [0.2, 0.25) is 0 Å². The molecular formula is C18H30IN3O. The number of guanidine groups is 1. The Labute approximate surface area is 157 Å². The van der Waals surface area contributed by atoms with Crippen LogP contribution in [0, 0.1) is 13.8 Å². The summed E-state index contributed by atoms with van der Waals surface area (Å²) in [7, 11) is 1.86. The van der Waals surface area contributed by atoms with Gasteiger partial charge >= 0.3 is 0 Å². The van der Waals surface area contributed by atoms with Crippen molar-refractivity contribution in [2.75, 3.05) is 33.3 Å². The number of benzene rings is 1. The highest BCUT2D eigenvalue weighted by molar-refractivity contribution is 14.0. The van der Waals surface area contributed by atoms with E-state index in [1.165, 1.54) is 29.5 Å². The van der Waals surface area contributed by atoms with Gasteiger partial charge in [-0.05, 0) is 31.4 Å². The van der Waals surface area contributed by atoms with E-state index in [1.54, 1.807) is 0 Å². The SMILES string of the molecule is CCCCNC(=NC)N1CCOC(c2ccc(C)cc2C)C1.I. The van der Waals surface area contributed by atoms with Crippen LogP contribution in [0.25, 0.3) is 0 Å². The van der Waals surface area contributed by atoms with E-state index in [0.29, 0.717) is 0 Å². The molecule has 1 heterocycles. The van der Waals surface area contributed by atoms with Gasteiger partial charge in [0.1, 0.15) is 6.10 Å². The molecule has 0 aromatic heterocycles. The van der Waals surface area contributed by atoms with Crippen LogP contribution >= 0.6 is 24.0 Å². The first-order valence-corrected chi connectivity index (χ1v) is 8.30. The molecule has 1 atom stereocenters. The third-order valence-electron chi connectivity index (χ3n) is 4.16. The maximum absolute atomic E-state index is 6.01. The minimum Gasteiger partial charge on any atom is -0.370 e. The molecule has 0 amide bonds. The molecule has 1 aromatic rings. The summed E-state index contributed by atoms with van der Waals surface area (Å²) in [6.45, 7) is 9.97. The molecule has 1 saturated heterocycles. The van der Waals surface area contributed by atoms with Crippen molar-refractivity contribution in [3.05, 3.63) is 34.9 Å². The third kappa shape index (κ3) is 5.64. The summed E-state index contributed by atoms with van der Waals surface area (Å²) in [4.78, 5) is 6.73. The summed E-state index contributed by atoms with van der Waals surface area (Å²) >= 11 is 0. The van der Waals surface area contributed by atoms with Gasteiger partial charge in [0, 0.05) is 20.1 Å². The van der Waals surface area contributed by atoms with Crippen molar-refractivity contribution in [1.29, 1.82) is 0 Å². The standard InChI is InChI=1S/C18H29N3O.HI/c1-5-6-9-20-18(19-4)21-10-11-22-17(13-21)16-8-7-14(2)12-15(16)3;/h7-8,12,17H,5-6,9-11,13H2,1-4H3,(H,19,20);1H. The van der Waals surface area contributed by atoms with Crippen molar-refractivity contribution >= 4 is 29.9 Å². The molecule has 0 radical (unpaired) electrons. The van der Waals surface area contributed by atoms with Gasteiger partial charge < -0.3 is 15.0 Å². The van der Waals surface area contributed by atoms with E-state index in [0.717, 1.165) is 32.2 Å². The van der Waals surface area contributed by atoms with Crippen molar-refractivity contribution in [3.63, 3.8) is 0 Å². The Bertz CT molecular complexity index is 519. The second kappa shape index (κ2) is 10.1. The van der Waals surface area contributed by atoms with E-state index in [4.69, 9.17) is 4.74 Å². The Morgan fingerprint density at radius 3 is 2.83 bits per heavy atom. The van der Waals surface area contributed by atoms with Crippen molar-refractivity contribution in [2.45, 2.75) is 39.7 Å².